The molecule has 0 aromatic carbocycles. The van der Waals surface area contributed by atoms with Gasteiger partial charge in [0.1, 0.15) is 11.6 Å². The van der Waals surface area contributed by atoms with E-state index in [1.165, 1.54) is 45.1 Å². The molecule has 1 saturated carbocycles. The van der Waals surface area contributed by atoms with Crippen LogP contribution in [0.15, 0.2) is 0 Å². The summed E-state index contributed by atoms with van der Waals surface area (Å²) >= 11 is 0. The van der Waals surface area contributed by atoms with Gasteiger partial charge in [-0.2, -0.15) is 9.97 Å². The van der Waals surface area contributed by atoms with Crippen LogP contribution < -0.4 is 15.4 Å². The van der Waals surface area contributed by atoms with Gasteiger partial charge in [0.2, 0.25) is 5.91 Å². The number of carbonyl (C=O) groups excluding carboxylic acids is 1. The van der Waals surface area contributed by atoms with Gasteiger partial charge in [-0.15, -0.1) is 0 Å². The van der Waals surface area contributed by atoms with Crippen molar-refractivity contribution < 1.29 is 9.53 Å². The molecular weight excluding hydrogens is 354 g/mol. The van der Waals surface area contributed by atoms with E-state index in [9.17, 15) is 4.79 Å². The highest BCUT2D eigenvalue weighted by Crippen LogP contribution is 2.34. The molecule has 7 heteroatoms. The highest BCUT2D eigenvalue weighted by atomic mass is 16.5. The quantitative estimate of drug-likeness (QED) is 0.724. The Morgan fingerprint density at radius 2 is 2.00 bits per heavy atom. The van der Waals surface area contributed by atoms with Crippen LogP contribution in [0.2, 0.25) is 0 Å². The van der Waals surface area contributed by atoms with E-state index in [-0.39, 0.29) is 5.91 Å². The molecule has 28 heavy (non-hydrogen) atoms. The first kappa shape index (κ1) is 19.4. The van der Waals surface area contributed by atoms with Gasteiger partial charge < -0.3 is 15.4 Å². The number of anilines is 2. The molecule has 1 atom stereocenters. The number of carbonyl (C=O) groups is 1. The van der Waals surface area contributed by atoms with Crippen molar-refractivity contribution in [1.29, 1.82) is 0 Å². The lowest BCUT2D eigenvalue weighted by Crippen LogP contribution is -2.45. The lowest BCUT2D eigenvalue weighted by molar-refractivity contribution is -0.117. The number of unbranched alkanes of at least 4 members (excludes halogenated alkanes) is 1. The number of fused-ring (bicyclic) bond motifs is 1. The number of hydrogen-bond acceptors (Lipinski definition) is 6. The zero-order chi connectivity index (χ0) is 19.5. The van der Waals surface area contributed by atoms with E-state index in [0.29, 0.717) is 36.6 Å². The predicted octanol–water partition coefficient (Wildman–Crippen LogP) is 2.78. The van der Waals surface area contributed by atoms with Crippen molar-refractivity contribution in [3.05, 3.63) is 5.56 Å². The molecule has 1 saturated heterocycles. The summed E-state index contributed by atoms with van der Waals surface area (Å²) in [5.41, 5.74) is 6.88. The molecule has 2 fully saturated rings. The van der Waals surface area contributed by atoms with Crippen molar-refractivity contribution in [2.75, 3.05) is 36.9 Å². The Balaban J connectivity index is 1.46. The molecule has 4 rings (SSSR count). The maximum Gasteiger partial charge on any atom is 0.320 e. The Hall–Kier alpha value is -1.89. The Labute approximate surface area is 167 Å². The predicted molar refractivity (Wildman–Crippen MR) is 109 cm³/mol. The van der Waals surface area contributed by atoms with Crippen LogP contribution in [0.4, 0.5) is 11.6 Å². The summed E-state index contributed by atoms with van der Waals surface area (Å²) < 4.78 is 5.66. The number of ether oxygens (including phenoxy) is 1. The summed E-state index contributed by atoms with van der Waals surface area (Å²) in [5, 5.41) is 0. The fourth-order valence-electron chi connectivity index (χ4n) is 4.89. The summed E-state index contributed by atoms with van der Waals surface area (Å²) in [7, 11) is 0. The lowest BCUT2D eigenvalue weighted by Gasteiger charge is -2.38. The van der Waals surface area contributed by atoms with Crippen LogP contribution in [0.3, 0.4) is 0 Å². The van der Waals surface area contributed by atoms with Crippen LogP contribution in [0, 0.1) is 5.92 Å². The molecule has 1 amide bonds. The molecule has 1 unspecified atom stereocenters. The van der Waals surface area contributed by atoms with Crippen molar-refractivity contribution in [1.82, 2.24) is 14.9 Å². The molecule has 3 heterocycles. The third-order valence-corrected chi connectivity index (χ3v) is 6.44. The van der Waals surface area contributed by atoms with E-state index in [4.69, 9.17) is 10.5 Å². The standard InChI is InChI=1S/C21H33N5O2/c1-2-3-11-28-21-23-19(22)17-12-18(27)26(20(17)24-21)14-15-7-6-10-25(13-15)16-8-4-5-9-16/h15-16H,2-14H2,1H3,(H2,22,23,24). The van der Waals surface area contributed by atoms with Crippen molar-refractivity contribution >= 4 is 17.5 Å². The topological polar surface area (TPSA) is 84.6 Å². The summed E-state index contributed by atoms with van der Waals surface area (Å²) in [4.78, 5) is 26.0. The zero-order valence-corrected chi connectivity index (χ0v) is 17.0. The van der Waals surface area contributed by atoms with Gasteiger partial charge in [-0.05, 0) is 44.6 Å². The molecule has 0 spiro atoms. The van der Waals surface area contributed by atoms with Crippen molar-refractivity contribution in [3.8, 4) is 6.01 Å². The second kappa shape index (κ2) is 8.64. The van der Waals surface area contributed by atoms with Crippen LogP contribution >= 0.6 is 0 Å². The van der Waals surface area contributed by atoms with Gasteiger partial charge >= 0.3 is 6.01 Å². The summed E-state index contributed by atoms with van der Waals surface area (Å²) in [6.45, 7) is 5.70. The number of amides is 1. The lowest BCUT2D eigenvalue weighted by atomic mass is 9.95. The second-order valence-electron chi connectivity index (χ2n) is 8.52. The van der Waals surface area contributed by atoms with Crippen LogP contribution in [-0.2, 0) is 11.2 Å². The Morgan fingerprint density at radius 3 is 2.79 bits per heavy atom. The fourth-order valence-corrected chi connectivity index (χ4v) is 4.89. The van der Waals surface area contributed by atoms with E-state index in [2.05, 4.69) is 21.8 Å². The molecule has 2 aliphatic heterocycles. The number of nitrogen functional groups attached to an aromatic ring is 1. The molecule has 154 valence electrons. The second-order valence-corrected chi connectivity index (χ2v) is 8.52. The van der Waals surface area contributed by atoms with Crippen molar-refractivity contribution in [3.63, 3.8) is 0 Å². The van der Waals surface area contributed by atoms with Crippen LogP contribution in [0.25, 0.3) is 0 Å². The third-order valence-electron chi connectivity index (χ3n) is 6.44. The van der Waals surface area contributed by atoms with Gasteiger partial charge in [-0.25, -0.2) is 0 Å². The maximum atomic E-state index is 12.7. The number of piperidine rings is 1. The van der Waals surface area contributed by atoms with Gasteiger partial charge in [0.15, 0.2) is 0 Å². The summed E-state index contributed by atoms with van der Waals surface area (Å²) in [6, 6.07) is 1.04. The average molecular weight is 388 g/mol. The monoisotopic (exact) mass is 387 g/mol. The number of likely N-dealkylation sites (tertiary alicyclic amines) is 1. The number of hydrogen-bond donors (Lipinski definition) is 1. The SMILES string of the molecule is CCCCOc1nc(N)c2c(n1)N(CC1CCCN(C3CCCC3)C1)C(=O)C2. The first-order valence-corrected chi connectivity index (χ1v) is 11.0. The Morgan fingerprint density at radius 1 is 1.18 bits per heavy atom. The minimum atomic E-state index is 0.0831. The van der Waals surface area contributed by atoms with E-state index < -0.39 is 0 Å². The van der Waals surface area contributed by atoms with Crippen LogP contribution in [-0.4, -0.2) is 53.1 Å². The molecule has 1 aromatic heterocycles. The normalized spacial score (nSPS) is 23.4. The minimum Gasteiger partial charge on any atom is -0.463 e. The van der Waals surface area contributed by atoms with E-state index in [1.54, 1.807) is 0 Å². The zero-order valence-electron chi connectivity index (χ0n) is 17.0. The number of rotatable bonds is 7. The highest BCUT2D eigenvalue weighted by Gasteiger charge is 2.35. The minimum absolute atomic E-state index is 0.0831. The van der Waals surface area contributed by atoms with Gasteiger partial charge in [0, 0.05) is 24.7 Å². The molecule has 7 nitrogen and oxygen atoms in total. The smallest absolute Gasteiger partial charge is 0.320 e. The molecule has 1 aromatic rings. The van der Waals surface area contributed by atoms with Crippen LogP contribution in [0.1, 0.15) is 63.9 Å². The number of nitrogens with two attached hydrogens (primary N) is 1. The van der Waals surface area contributed by atoms with E-state index in [1.807, 2.05) is 4.90 Å². The first-order chi connectivity index (χ1) is 13.7. The molecule has 0 radical (unpaired) electrons. The fraction of sp³-hybridized carbons (Fsp3) is 0.762. The van der Waals surface area contributed by atoms with Gasteiger partial charge in [-0.3, -0.25) is 9.69 Å². The van der Waals surface area contributed by atoms with Gasteiger partial charge in [0.05, 0.1) is 13.0 Å². The maximum absolute atomic E-state index is 12.7. The highest BCUT2D eigenvalue weighted by molar-refractivity contribution is 6.01. The van der Waals surface area contributed by atoms with E-state index in [0.717, 1.165) is 37.5 Å². The first-order valence-electron chi connectivity index (χ1n) is 11.0. The molecule has 3 aliphatic rings. The number of nitrogens with zero attached hydrogens (tertiary/aromatic N) is 4. The molecular formula is C21H33N5O2. The average Bonchev–Trinajstić information content (AvgIpc) is 3.32. The molecule has 1 aliphatic carbocycles. The largest absolute Gasteiger partial charge is 0.463 e. The van der Waals surface area contributed by atoms with Gasteiger partial charge in [0.25, 0.3) is 0 Å². The summed E-state index contributed by atoms with van der Waals surface area (Å²) in [6.07, 6.45) is 10.1. The van der Waals surface area contributed by atoms with Crippen molar-refractivity contribution in [2.45, 2.75) is 70.8 Å². The van der Waals surface area contributed by atoms with Gasteiger partial charge in [-0.1, -0.05) is 26.2 Å². The summed E-state index contributed by atoms with van der Waals surface area (Å²) in [5.74, 6) is 1.62. The third kappa shape index (κ3) is 4.09. The van der Waals surface area contributed by atoms with Crippen molar-refractivity contribution in [2.24, 2.45) is 5.92 Å². The molecule has 0 bridgehead atoms. The number of aromatic nitrogens is 2. The molecule has 2 N–H and O–H groups in total. The Bertz CT molecular complexity index is 704. The Kier molecular flexibility index (Phi) is 5.99. The van der Waals surface area contributed by atoms with Crippen LogP contribution in [0.5, 0.6) is 6.01 Å². The van der Waals surface area contributed by atoms with E-state index >= 15 is 0 Å².